The molecule has 1 atom stereocenters. The summed E-state index contributed by atoms with van der Waals surface area (Å²) in [5.41, 5.74) is 3.09. The first-order valence-electron chi connectivity index (χ1n) is 6.99. The van der Waals surface area contributed by atoms with Crippen LogP contribution < -0.4 is 0 Å². The number of benzene rings is 2. The van der Waals surface area contributed by atoms with Gasteiger partial charge in [-0.05, 0) is 12.5 Å². The predicted octanol–water partition coefficient (Wildman–Crippen LogP) is 4.39. The van der Waals surface area contributed by atoms with Crippen molar-refractivity contribution >= 4 is 11.3 Å². The van der Waals surface area contributed by atoms with Gasteiger partial charge >= 0.3 is 0 Å². The van der Waals surface area contributed by atoms with E-state index in [1.165, 1.54) is 4.88 Å². The molecule has 0 aliphatic rings. The number of aliphatic hydroxyl groups excluding tert-OH is 1. The van der Waals surface area contributed by atoms with E-state index in [2.05, 4.69) is 19.1 Å². The molecule has 3 heteroatoms. The van der Waals surface area contributed by atoms with Crippen molar-refractivity contribution in [1.29, 1.82) is 0 Å². The SMILES string of the molecule is Cc1sc(CC(O)c2ccccc2)nc1-c1ccccc1. The van der Waals surface area contributed by atoms with Crippen LogP contribution >= 0.6 is 11.3 Å². The van der Waals surface area contributed by atoms with Gasteiger partial charge in [0.1, 0.15) is 0 Å². The Hall–Kier alpha value is -1.97. The van der Waals surface area contributed by atoms with Gasteiger partial charge in [0.05, 0.1) is 16.8 Å². The second-order valence-corrected chi connectivity index (χ2v) is 6.30. The van der Waals surface area contributed by atoms with Gasteiger partial charge < -0.3 is 5.11 Å². The lowest BCUT2D eigenvalue weighted by atomic mass is 10.1. The minimum absolute atomic E-state index is 0.500. The third-order valence-electron chi connectivity index (χ3n) is 3.44. The molecule has 0 aliphatic carbocycles. The van der Waals surface area contributed by atoms with E-state index in [1.807, 2.05) is 48.5 Å². The van der Waals surface area contributed by atoms with Crippen LogP contribution in [0.1, 0.15) is 21.6 Å². The lowest BCUT2D eigenvalue weighted by molar-refractivity contribution is 0.178. The third kappa shape index (κ3) is 3.20. The molecule has 0 bridgehead atoms. The second-order valence-electron chi connectivity index (χ2n) is 5.01. The van der Waals surface area contributed by atoms with Crippen LogP contribution in [0.25, 0.3) is 11.3 Å². The summed E-state index contributed by atoms with van der Waals surface area (Å²) >= 11 is 1.66. The molecule has 21 heavy (non-hydrogen) atoms. The molecule has 1 unspecified atom stereocenters. The minimum Gasteiger partial charge on any atom is -0.388 e. The van der Waals surface area contributed by atoms with Crippen molar-refractivity contribution < 1.29 is 5.11 Å². The Kier molecular flexibility index (Phi) is 4.13. The van der Waals surface area contributed by atoms with E-state index in [-0.39, 0.29) is 0 Å². The first-order chi connectivity index (χ1) is 10.2. The lowest BCUT2D eigenvalue weighted by Gasteiger charge is -2.08. The number of thiazole rings is 1. The summed E-state index contributed by atoms with van der Waals surface area (Å²) in [7, 11) is 0. The fourth-order valence-corrected chi connectivity index (χ4v) is 3.35. The van der Waals surface area contributed by atoms with Gasteiger partial charge in [0.15, 0.2) is 0 Å². The number of aliphatic hydroxyl groups is 1. The molecule has 0 spiro atoms. The average Bonchev–Trinajstić information content (AvgIpc) is 2.89. The van der Waals surface area contributed by atoms with Crippen LogP contribution in [0.15, 0.2) is 60.7 Å². The van der Waals surface area contributed by atoms with Crippen LogP contribution in [-0.2, 0) is 6.42 Å². The van der Waals surface area contributed by atoms with E-state index >= 15 is 0 Å². The van der Waals surface area contributed by atoms with E-state index in [1.54, 1.807) is 11.3 Å². The quantitative estimate of drug-likeness (QED) is 0.774. The van der Waals surface area contributed by atoms with Crippen LogP contribution in [0.4, 0.5) is 0 Å². The van der Waals surface area contributed by atoms with Gasteiger partial charge in [-0.2, -0.15) is 0 Å². The zero-order valence-corrected chi connectivity index (χ0v) is 12.7. The second kappa shape index (κ2) is 6.20. The zero-order chi connectivity index (χ0) is 14.7. The Labute approximate surface area is 128 Å². The summed E-state index contributed by atoms with van der Waals surface area (Å²) in [4.78, 5) is 5.90. The summed E-state index contributed by atoms with van der Waals surface area (Å²) < 4.78 is 0. The minimum atomic E-state index is -0.500. The van der Waals surface area contributed by atoms with E-state index in [4.69, 9.17) is 4.98 Å². The van der Waals surface area contributed by atoms with Gasteiger partial charge in [-0.1, -0.05) is 60.7 Å². The Morgan fingerprint density at radius 1 is 1.00 bits per heavy atom. The van der Waals surface area contributed by atoms with Crippen molar-refractivity contribution in [2.45, 2.75) is 19.4 Å². The van der Waals surface area contributed by atoms with Gasteiger partial charge in [0, 0.05) is 16.9 Å². The molecule has 106 valence electrons. The van der Waals surface area contributed by atoms with Crippen molar-refractivity contribution in [2.75, 3.05) is 0 Å². The van der Waals surface area contributed by atoms with Gasteiger partial charge in [0.25, 0.3) is 0 Å². The molecule has 1 heterocycles. The molecule has 2 aromatic carbocycles. The number of hydrogen-bond donors (Lipinski definition) is 1. The fourth-order valence-electron chi connectivity index (χ4n) is 2.36. The van der Waals surface area contributed by atoms with Gasteiger partial charge in [-0.25, -0.2) is 4.98 Å². The van der Waals surface area contributed by atoms with Crippen molar-refractivity contribution in [3.05, 3.63) is 76.1 Å². The number of aromatic nitrogens is 1. The molecule has 0 saturated carbocycles. The normalized spacial score (nSPS) is 12.3. The molecular weight excluding hydrogens is 278 g/mol. The van der Waals surface area contributed by atoms with Crippen molar-refractivity contribution in [3.63, 3.8) is 0 Å². The summed E-state index contributed by atoms with van der Waals surface area (Å²) in [6.45, 7) is 2.08. The Bertz CT molecular complexity index is 707. The van der Waals surface area contributed by atoms with E-state index in [0.29, 0.717) is 6.42 Å². The molecule has 0 aliphatic heterocycles. The number of rotatable bonds is 4. The third-order valence-corrected chi connectivity index (χ3v) is 4.43. The van der Waals surface area contributed by atoms with Crippen molar-refractivity contribution in [3.8, 4) is 11.3 Å². The predicted molar refractivity (Wildman–Crippen MR) is 87.4 cm³/mol. The molecule has 3 aromatic rings. The lowest BCUT2D eigenvalue weighted by Crippen LogP contribution is -2.01. The molecule has 0 saturated heterocycles. The smallest absolute Gasteiger partial charge is 0.0964 e. The highest BCUT2D eigenvalue weighted by atomic mass is 32.1. The van der Waals surface area contributed by atoms with Crippen molar-refractivity contribution in [2.24, 2.45) is 0 Å². The summed E-state index contributed by atoms with van der Waals surface area (Å²) in [5, 5.41) is 11.3. The number of hydrogen-bond acceptors (Lipinski definition) is 3. The monoisotopic (exact) mass is 295 g/mol. The first-order valence-corrected chi connectivity index (χ1v) is 7.80. The van der Waals surface area contributed by atoms with E-state index in [9.17, 15) is 5.11 Å². The van der Waals surface area contributed by atoms with Crippen molar-refractivity contribution in [1.82, 2.24) is 4.98 Å². The highest BCUT2D eigenvalue weighted by Gasteiger charge is 2.14. The van der Waals surface area contributed by atoms with Gasteiger partial charge in [-0.15, -0.1) is 11.3 Å². The summed E-state index contributed by atoms with van der Waals surface area (Å²) in [6, 6.07) is 19.9. The molecule has 1 N–H and O–H groups in total. The molecule has 0 amide bonds. The Balaban J connectivity index is 1.82. The van der Waals surface area contributed by atoms with Crippen LogP contribution in [0.5, 0.6) is 0 Å². The van der Waals surface area contributed by atoms with E-state index < -0.39 is 6.10 Å². The molecule has 0 radical (unpaired) electrons. The maximum Gasteiger partial charge on any atom is 0.0964 e. The molecular formula is C18H17NOS. The highest BCUT2D eigenvalue weighted by Crippen LogP contribution is 2.29. The Morgan fingerprint density at radius 3 is 2.29 bits per heavy atom. The fraction of sp³-hybridized carbons (Fsp3) is 0.167. The average molecular weight is 295 g/mol. The number of aryl methyl sites for hydroxylation is 1. The zero-order valence-electron chi connectivity index (χ0n) is 11.9. The van der Waals surface area contributed by atoms with Crippen LogP contribution in [0.2, 0.25) is 0 Å². The van der Waals surface area contributed by atoms with Crippen LogP contribution in [0.3, 0.4) is 0 Å². The maximum absolute atomic E-state index is 10.3. The summed E-state index contributed by atoms with van der Waals surface area (Å²) in [6.07, 6.45) is 0.0582. The summed E-state index contributed by atoms with van der Waals surface area (Å²) in [5.74, 6) is 0. The molecule has 1 aromatic heterocycles. The molecule has 3 rings (SSSR count). The first kappa shape index (κ1) is 14.0. The maximum atomic E-state index is 10.3. The van der Waals surface area contributed by atoms with Crippen LogP contribution in [0, 0.1) is 6.92 Å². The topological polar surface area (TPSA) is 33.1 Å². The van der Waals surface area contributed by atoms with Crippen LogP contribution in [-0.4, -0.2) is 10.1 Å². The standard InChI is InChI=1S/C18H17NOS/c1-13-18(15-10-6-3-7-11-15)19-17(21-13)12-16(20)14-8-4-2-5-9-14/h2-11,16,20H,12H2,1H3. The molecule has 0 fully saturated rings. The van der Waals surface area contributed by atoms with Gasteiger partial charge in [-0.3, -0.25) is 0 Å². The Morgan fingerprint density at radius 2 is 1.62 bits per heavy atom. The van der Waals surface area contributed by atoms with Gasteiger partial charge in [0.2, 0.25) is 0 Å². The largest absolute Gasteiger partial charge is 0.388 e. The van der Waals surface area contributed by atoms with E-state index in [0.717, 1.165) is 21.8 Å². The number of nitrogens with zero attached hydrogens (tertiary/aromatic N) is 1. The molecule has 2 nitrogen and oxygen atoms in total. The highest BCUT2D eigenvalue weighted by molar-refractivity contribution is 7.12.